The first kappa shape index (κ1) is 15.9. The smallest absolute Gasteiger partial charge is 0.228 e. The van der Waals surface area contributed by atoms with Gasteiger partial charge in [0.1, 0.15) is 0 Å². The lowest BCUT2D eigenvalue weighted by Crippen LogP contribution is -2.32. The van der Waals surface area contributed by atoms with Crippen molar-refractivity contribution in [2.75, 3.05) is 24.5 Å². The average molecular weight is 333 g/mol. The van der Waals surface area contributed by atoms with Gasteiger partial charge < -0.3 is 15.2 Å². The highest BCUT2D eigenvalue weighted by atomic mass is 16.2. The molecule has 2 aromatic carbocycles. The van der Waals surface area contributed by atoms with Crippen molar-refractivity contribution in [1.29, 1.82) is 0 Å². The molecule has 2 N–H and O–H groups in total. The van der Waals surface area contributed by atoms with Crippen LogP contribution in [0.25, 0.3) is 10.9 Å². The lowest BCUT2D eigenvalue weighted by Gasteiger charge is -2.17. The number of nitrogens with zero attached hydrogens (tertiary/aromatic N) is 1. The van der Waals surface area contributed by atoms with E-state index < -0.39 is 0 Å². The van der Waals surface area contributed by atoms with Crippen LogP contribution < -0.4 is 10.2 Å². The van der Waals surface area contributed by atoms with Crippen LogP contribution >= 0.6 is 0 Å². The molecule has 0 spiro atoms. The second-order valence-corrected chi connectivity index (χ2v) is 6.53. The van der Waals surface area contributed by atoms with Gasteiger partial charge >= 0.3 is 0 Å². The summed E-state index contributed by atoms with van der Waals surface area (Å²) >= 11 is 0. The summed E-state index contributed by atoms with van der Waals surface area (Å²) in [7, 11) is 0. The largest absolute Gasteiger partial charge is 0.361 e. The first-order valence-corrected chi connectivity index (χ1v) is 8.97. The maximum absolute atomic E-state index is 12.5. The van der Waals surface area contributed by atoms with E-state index in [4.69, 9.17) is 0 Å². The van der Waals surface area contributed by atoms with Crippen molar-refractivity contribution in [3.8, 4) is 0 Å². The second-order valence-electron chi connectivity index (χ2n) is 6.53. The number of H-pyrrole nitrogens is 1. The van der Waals surface area contributed by atoms with Gasteiger partial charge in [-0.2, -0.15) is 0 Å². The number of aromatic nitrogens is 1. The fraction of sp³-hybridized carbons (Fsp3) is 0.286. The van der Waals surface area contributed by atoms with Crippen LogP contribution in [0, 0.1) is 0 Å². The van der Waals surface area contributed by atoms with Crippen LogP contribution in [-0.4, -0.2) is 30.5 Å². The zero-order valence-electron chi connectivity index (χ0n) is 14.3. The molecule has 25 heavy (non-hydrogen) atoms. The molecule has 1 aliphatic rings. The van der Waals surface area contributed by atoms with Crippen LogP contribution in [0.15, 0.2) is 54.7 Å². The number of amides is 1. The SMILES string of the molecule is O=C(CCNCCc1c[nH]c2ccccc12)N1CCc2ccccc21. The Labute approximate surface area is 147 Å². The van der Waals surface area contributed by atoms with Gasteiger partial charge in [0.25, 0.3) is 0 Å². The normalized spacial score (nSPS) is 13.4. The number of anilines is 1. The second kappa shape index (κ2) is 7.11. The molecule has 0 radical (unpaired) electrons. The Kier molecular flexibility index (Phi) is 4.53. The number of rotatable bonds is 6. The summed E-state index contributed by atoms with van der Waals surface area (Å²) in [6.45, 7) is 2.42. The molecule has 0 unspecified atom stereocenters. The number of aromatic amines is 1. The third-order valence-corrected chi connectivity index (χ3v) is 4.95. The maximum atomic E-state index is 12.5. The van der Waals surface area contributed by atoms with E-state index in [0.29, 0.717) is 6.42 Å². The Bertz CT molecular complexity index is 883. The van der Waals surface area contributed by atoms with Gasteiger partial charge in [-0.05, 0) is 42.6 Å². The minimum Gasteiger partial charge on any atom is -0.361 e. The van der Waals surface area contributed by atoms with Gasteiger partial charge in [-0.15, -0.1) is 0 Å². The molecular formula is C21H23N3O. The number of nitrogens with one attached hydrogen (secondary N) is 2. The summed E-state index contributed by atoms with van der Waals surface area (Å²) in [6, 6.07) is 16.6. The van der Waals surface area contributed by atoms with E-state index in [1.807, 2.05) is 29.2 Å². The molecule has 1 amide bonds. The molecule has 0 fully saturated rings. The molecule has 4 nitrogen and oxygen atoms in total. The lowest BCUT2D eigenvalue weighted by molar-refractivity contribution is -0.118. The summed E-state index contributed by atoms with van der Waals surface area (Å²) in [4.78, 5) is 17.7. The van der Waals surface area contributed by atoms with Crippen molar-refractivity contribution >= 4 is 22.5 Å². The van der Waals surface area contributed by atoms with Crippen LogP contribution in [0.2, 0.25) is 0 Å². The number of hydrogen-bond acceptors (Lipinski definition) is 2. The Morgan fingerprint density at radius 1 is 1.08 bits per heavy atom. The number of hydrogen-bond donors (Lipinski definition) is 2. The summed E-state index contributed by atoms with van der Waals surface area (Å²) in [6.07, 6.45) is 4.56. The molecule has 0 saturated carbocycles. The number of carbonyl (C=O) groups excluding carboxylic acids is 1. The Morgan fingerprint density at radius 3 is 2.88 bits per heavy atom. The van der Waals surface area contributed by atoms with Gasteiger partial charge in [-0.3, -0.25) is 4.79 Å². The van der Waals surface area contributed by atoms with Gasteiger partial charge in [-0.1, -0.05) is 36.4 Å². The van der Waals surface area contributed by atoms with Crippen molar-refractivity contribution in [2.45, 2.75) is 19.3 Å². The van der Waals surface area contributed by atoms with E-state index in [1.165, 1.54) is 22.0 Å². The fourth-order valence-electron chi connectivity index (χ4n) is 3.61. The molecule has 0 atom stereocenters. The zero-order valence-corrected chi connectivity index (χ0v) is 14.3. The molecule has 1 aliphatic heterocycles. The first-order chi connectivity index (χ1) is 12.3. The molecule has 0 saturated heterocycles. The van der Waals surface area contributed by atoms with Crippen molar-refractivity contribution in [1.82, 2.24) is 10.3 Å². The van der Waals surface area contributed by atoms with E-state index in [0.717, 1.165) is 38.2 Å². The van der Waals surface area contributed by atoms with Gasteiger partial charge in [0.05, 0.1) is 0 Å². The average Bonchev–Trinajstić information content (AvgIpc) is 3.25. The highest BCUT2D eigenvalue weighted by molar-refractivity contribution is 5.95. The quantitative estimate of drug-likeness (QED) is 0.680. The van der Waals surface area contributed by atoms with Crippen LogP contribution in [0.4, 0.5) is 5.69 Å². The molecule has 4 heteroatoms. The van der Waals surface area contributed by atoms with Gasteiger partial charge in [-0.25, -0.2) is 0 Å². The third kappa shape index (κ3) is 3.30. The molecule has 0 aliphatic carbocycles. The number of fused-ring (bicyclic) bond motifs is 2. The maximum Gasteiger partial charge on any atom is 0.228 e. The highest BCUT2D eigenvalue weighted by Gasteiger charge is 2.23. The van der Waals surface area contributed by atoms with Crippen LogP contribution in [0.1, 0.15) is 17.5 Å². The summed E-state index contributed by atoms with van der Waals surface area (Å²) < 4.78 is 0. The van der Waals surface area contributed by atoms with Crippen LogP contribution in [-0.2, 0) is 17.6 Å². The number of para-hydroxylation sites is 2. The molecule has 1 aromatic heterocycles. The van der Waals surface area contributed by atoms with Crippen molar-refractivity contribution < 1.29 is 4.79 Å². The lowest BCUT2D eigenvalue weighted by atomic mass is 10.1. The van der Waals surface area contributed by atoms with Crippen molar-refractivity contribution in [3.05, 3.63) is 65.9 Å². The fourth-order valence-corrected chi connectivity index (χ4v) is 3.61. The standard InChI is InChI=1S/C21H23N3O/c25-21(24-14-11-16-5-1-4-8-20(16)24)10-13-22-12-9-17-15-23-19-7-3-2-6-18(17)19/h1-8,15,22-23H,9-14H2. The number of benzene rings is 2. The molecule has 2 heterocycles. The van der Waals surface area contributed by atoms with E-state index in [9.17, 15) is 4.79 Å². The molecule has 0 bridgehead atoms. The zero-order chi connectivity index (χ0) is 17.1. The van der Waals surface area contributed by atoms with Crippen LogP contribution in [0.3, 0.4) is 0 Å². The third-order valence-electron chi connectivity index (χ3n) is 4.95. The minimum atomic E-state index is 0.213. The Balaban J connectivity index is 1.24. The monoisotopic (exact) mass is 333 g/mol. The molecule has 3 aromatic rings. The predicted molar refractivity (Wildman–Crippen MR) is 102 cm³/mol. The van der Waals surface area contributed by atoms with E-state index in [2.05, 4.69) is 40.8 Å². The Morgan fingerprint density at radius 2 is 1.92 bits per heavy atom. The van der Waals surface area contributed by atoms with Gasteiger partial charge in [0, 0.05) is 42.3 Å². The first-order valence-electron chi connectivity index (χ1n) is 8.97. The minimum absolute atomic E-state index is 0.213. The van der Waals surface area contributed by atoms with E-state index >= 15 is 0 Å². The molecule has 128 valence electrons. The van der Waals surface area contributed by atoms with Crippen LogP contribution in [0.5, 0.6) is 0 Å². The molecular weight excluding hydrogens is 310 g/mol. The van der Waals surface area contributed by atoms with Crippen molar-refractivity contribution in [2.24, 2.45) is 0 Å². The number of carbonyl (C=O) groups is 1. The van der Waals surface area contributed by atoms with E-state index in [-0.39, 0.29) is 5.91 Å². The van der Waals surface area contributed by atoms with Gasteiger partial charge in [0.15, 0.2) is 0 Å². The summed E-state index contributed by atoms with van der Waals surface area (Å²) in [5.41, 5.74) is 4.87. The topological polar surface area (TPSA) is 48.1 Å². The molecule has 4 rings (SSSR count). The van der Waals surface area contributed by atoms with Gasteiger partial charge in [0.2, 0.25) is 5.91 Å². The Hall–Kier alpha value is -2.59. The van der Waals surface area contributed by atoms with E-state index in [1.54, 1.807) is 0 Å². The van der Waals surface area contributed by atoms with Crippen molar-refractivity contribution in [3.63, 3.8) is 0 Å². The highest BCUT2D eigenvalue weighted by Crippen LogP contribution is 2.27. The predicted octanol–water partition coefficient (Wildman–Crippen LogP) is 3.28. The summed E-state index contributed by atoms with van der Waals surface area (Å²) in [5, 5.41) is 4.69. The summed E-state index contributed by atoms with van der Waals surface area (Å²) in [5.74, 6) is 0.213.